The number of nitrogens with one attached hydrogen (secondary N) is 6. The zero-order valence-corrected chi connectivity index (χ0v) is 46.6. The summed E-state index contributed by atoms with van der Waals surface area (Å²) in [6.07, 6.45) is 7.63. The molecule has 7 rings (SSSR count). The Morgan fingerprint density at radius 2 is 1.01 bits per heavy atom. The number of nitrogen functional groups attached to an aromatic ring is 3. The van der Waals surface area contributed by atoms with Crippen molar-refractivity contribution in [2.45, 2.75) is 97.1 Å². The van der Waals surface area contributed by atoms with E-state index in [-0.39, 0.29) is 139 Å². The van der Waals surface area contributed by atoms with Crippen molar-refractivity contribution in [2.75, 3.05) is 87.0 Å². The van der Waals surface area contributed by atoms with Crippen molar-refractivity contribution in [1.82, 2.24) is 58.6 Å². The van der Waals surface area contributed by atoms with Gasteiger partial charge in [0.15, 0.2) is 28.7 Å². The van der Waals surface area contributed by atoms with E-state index in [1.54, 1.807) is 39.6 Å². The summed E-state index contributed by atoms with van der Waals surface area (Å²) in [5.74, 6) is -2.51. The predicted molar refractivity (Wildman–Crippen MR) is 313 cm³/mol. The molecular formula is C48H75N26O11+. The first-order valence-electron chi connectivity index (χ1n) is 26.4. The standard InChI is InChI=1S/C16H20N8O4.C16H26N8O3.C15H24N10O4.CH4/c1-18-15-22-12-10(13(25)23-15)11(17)21-16(28)24(12)6-5-20-9(14(26)27)7-8-3-2-4-19-8;1-9(25)10(5-3-4-6-17)20-7-8-24-13-11(12(18)21-16(24)27)14(26)23-15(19-2)22-13;1-19-14-23-10-8(11(26)24-14)9(16)22-15(29)25(10)6-5-20-7(12(27)28)3-2-4-21-13(17)18;/h3-4,9,20H,2,5-7H2,1H3,(H,26,27)(H2,17,21,28)(H2,18,22,23,25);10,20H,3-8,17H2,1-2H3,(H2,18,21,27)(H2,19,22,23,26);7,20H,2-6H2,1H3,(H,27,28)(H2,16,22,29)(H4,17,18,21)(H2,19,23,24,26);1H4/p+1. The van der Waals surface area contributed by atoms with E-state index in [0.717, 1.165) is 19.3 Å². The number of carbonyl (C=O) groups excluding carboxylic acids is 3. The largest absolute Gasteiger partial charge is 0.544 e. The number of fused-ring (bicyclic) bond motifs is 3. The molecule has 3 unspecified atom stereocenters. The maximum atomic E-state index is 12.3. The van der Waals surface area contributed by atoms with Gasteiger partial charge in [-0.05, 0) is 25.8 Å². The van der Waals surface area contributed by atoms with E-state index in [1.165, 1.54) is 19.0 Å². The van der Waals surface area contributed by atoms with Gasteiger partial charge in [-0.2, -0.15) is 29.9 Å². The third-order valence-corrected chi connectivity index (χ3v) is 12.9. The van der Waals surface area contributed by atoms with Crippen LogP contribution in [0, 0.1) is 0 Å². The first-order valence-corrected chi connectivity index (χ1v) is 26.4. The van der Waals surface area contributed by atoms with Crippen molar-refractivity contribution in [1.29, 1.82) is 0 Å². The Hall–Kier alpha value is -10.0. The van der Waals surface area contributed by atoms with Gasteiger partial charge >= 0.3 is 17.1 Å². The lowest BCUT2D eigenvalue weighted by atomic mass is 10.1. The van der Waals surface area contributed by atoms with Gasteiger partial charge in [-0.1, -0.05) is 13.5 Å². The van der Waals surface area contributed by atoms with Gasteiger partial charge in [0.1, 0.15) is 51.7 Å². The van der Waals surface area contributed by atoms with Crippen LogP contribution in [0.2, 0.25) is 0 Å². The van der Waals surface area contributed by atoms with E-state index >= 15 is 0 Å². The van der Waals surface area contributed by atoms with Crippen LogP contribution >= 0.6 is 0 Å². The smallest absolute Gasteiger partial charge is 0.351 e. The van der Waals surface area contributed by atoms with Gasteiger partial charge in [0.05, 0.1) is 51.2 Å². The fourth-order valence-electron chi connectivity index (χ4n) is 8.65. The summed E-state index contributed by atoms with van der Waals surface area (Å²) in [6, 6.07) is -1.89. The molecule has 24 N–H and O–H groups in total. The molecule has 85 heavy (non-hydrogen) atoms. The van der Waals surface area contributed by atoms with Gasteiger partial charge in [-0.15, -0.1) is 0 Å². The molecule has 0 amide bonds. The van der Waals surface area contributed by atoms with Gasteiger partial charge in [-0.25, -0.2) is 14.4 Å². The topological polar surface area (TPSA) is 606 Å². The SMILES string of the molecule is C.CNc1nc2c(c(N)nc(=O)n2CC[NH2+]C(CC2=CCC=N2)C(=O)[O-])c(=O)[nH]1.CNc1nc2c(c(N)nc(=O)n2CC[NH2+]C(CCCCN)C(C)=O)c(=O)[nH]1.CNc1nc2c(c(N)nc(=O)n2CC[NH2+]C(CCCN=C(N)N)C(=O)[O-])c(=O)[nH]1. The summed E-state index contributed by atoms with van der Waals surface area (Å²) in [7, 11) is 4.72. The number of allylic oxidation sites excluding steroid dienone is 1. The molecule has 0 saturated heterocycles. The molecule has 0 spiro atoms. The number of hydrogen-bond acceptors (Lipinski definition) is 26. The number of rotatable bonds is 28. The third-order valence-electron chi connectivity index (χ3n) is 12.9. The van der Waals surface area contributed by atoms with Gasteiger partial charge < -0.3 is 86.1 Å². The fraction of sp³-hybridized carbons (Fsp3) is 0.479. The number of aliphatic imine (C=N–C) groups is 2. The first-order chi connectivity index (χ1) is 40.0. The predicted octanol–water partition coefficient (Wildman–Crippen LogP) is -10.2. The highest BCUT2D eigenvalue weighted by Gasteiger charge is 2.22. The summed E-state index contributed by atoms with van der Waals surface area (Å²) in [5, 5.41) is 35.9. The molecule has 1 aliphatic rings. The Morgan fingerprint density at radius 3 is 1.35 bits per heavy atom. The zero-order chi connectivity index (χ0) is 61.8. The number of unbranched alkanes of at least 4 members (excludes halogenated alkanes) is 1. The molecule has 37 heteroatoms. The van der Waals surface area contributed by atoms with E-state index in [9.17, 15) is 53.4 Å². The summed E-state index contributed by atoms with van der Waals surface area (Å²) in [4.78, 5) is 147. The Labute approximate surface area is 481 Å². The second kappa shape index (κ2) is 32.0. The normalized spacial score (nSPS) is 12.6. The molecule has 0 fully saturated rings. The van der Waals surface area contributed by atoms with Crippen molar-refractivity contribution >= 4 is 98.3 Å². The maximum absolute atomic E-state index is 12.3. The number of aromatic nitrogens is 12. The average molecular weight is 1190 g/mol. The van der Waals surface area contributed by atoms with Gasteiger partial charge in [0, 0.05) is 72.2 Å². The van der Waals surface area contributed by atoms with Gasteiger partial charge in [0.25, 0.3) is 16.7 Å². The van der Waals surface area contributed by atoms with Crippen LogP contribution in [-0.4, -0.2) is 160 Å². The fourth-order valence-corrected chi connectivity index (χ4v) is 8.65. The first kappa shape index (κ1) is 67.5. The highest BCUT2D eigenvalue weighted by Crippen LogP contribution is 2.15. The van der Waals surface area contributed by atoms with E-state index in [0.29, 0.717) is 38.2 Å². The number of guanidine groups is 1. The lowest BCUT2D eigenvalue weighted by molar-refractivity contribution is -0.684. The van der Waals surface area contributed by atoms with Crippen molar-refractivity contribution in [3.8, 4) is 0 Å². The van der Waals surface area contributed by atoms with E-state index in [2.05, 4.69) is 70.8 Å². The Kier molecular flexibility index (Phi) is 25.4. The second-order valence-corrected chi connectivity index (χ2v) is 18.7. The van der Waals surface area contributed by atoms with Crippen LogP contribution in [0.4, 0.5) is 35.3 Å². The Bertz CT molecular complexity index is 3810. The quantitative estimate of drug-likeness (QED) is 0.0123. The van der Waals surface area contributed by atoms with Crippen LogP contribution in [-0.2, 0) is 34.0 Å². The van der Waals surface area contributed by atoms with Crippen LogP contribution in [0.5, 0.6) is 0 Å². The molecule has 462 valence electrons. The maximum Gasteiger partial charge on any atom is 0.351 e. The van der Waals surface area contributed by atoms with Crippen LogP contribution in [0.1, 0.15) is 59.3 Å². The number of H-pyrrole nitrogens is 3. The average Bonchev–Trinajstić information content (AvgIpc) is 1.64. The monoisotopic (exact) mass is 1190 g/mol. The molecule has 0 aliphatic carbocycles. The second-order valence-electron chi connectivity index (χ2n) is 18.7. The van der Waals surface area contributed by atoms with E-state index in [1.807, 2.05) is 11.4 Å². The lowest BCUT2D eigenvalue weighted by Gasteiger charge is -2.17. The Morgan fingerprint density at radius 1 is 0.624 bits per heavy atom. The molecule has 0 radical (unpaired) electrons. The third kappa shape index (κ3) is 18.2. The number of quaternary nitrogens is 3. The van der Waals surface area contributed by atoms with Crippen molar-refractivity contribution in [3.05, 3.63) is 74.3 Å². The molecule has 3 atom stereocenters. The number of Topliss-reactive ketones (excluding diaryl/α,β-unsaturated/α-hetero) is 1. The van der Waals surface area contributed by atoms with Crippen molar-refractivity contribution in [3.63, 3.8) is 0 Å². The molecule has 6 aromatic rings. The van der Waals surface area contributed by atoms with Crippen LogP contribution in [0.3, 0.4) is 0 Å². The molecule has 7 heterocycles. The number of aromatic amines is 3. The highest BCUT2D eigenvalue weighted by atomic mass is 16.4. The summed E-state index contributed by atoms with van der Waals surface area (Å²) in [6.45, 7) is 3.69. The summed E-state index contributed by atoms with van der Waals surface area (Å²) in [5.41, 5.74) is 30.6. The molecule has 37 nitrogen and oxygen atoms in total. The van der Waals surface area contributed by atoms with Gasteiger partial charge in [-0.3, -0.25) is 57.8 Å². The minimum atomic E-state index is -1.24. The number of carboxylic acids is 2. The zero-order valence-electron chi connectivity index (χ0n) is 46.6. The van der Waals surface area contributed by atoms with Gasteiger partial charge in [0.2, 0.25) is 17.8 Å². The molecule has 0 bridgehead atoms. The van der Waals surface area contributed by atoms with Crippen LogP contribution < -0.4 is 110 Å². The molecule has 0 saturated carbocycles. The highest BCUT2D eigenvalue weighted by molar-refractivity contribution is 5.87. The number of aliphatic carboxylic acids is 2. The number of nitrogens with two attached hydrogens (primary N) is 9. The van der Waals surface area contributed by atoms with Crippen molar-refractivity contribution < 1.29 is 40.5 Å². The van der Waals surface area contributed by atoms with Crippen LogP contribution in [0.25, 0.3) is 33.1 Å². The minimum absolute atomic E-state index is 0. The van der Waals surface area contributed by atoms with Crippen molar-refractivity contribution in [2.24, 2.45) is 27.2 Å². The Balaban J connectivity index is 0.000000272. The van der Waals surface area contributed by atoms with Crippen LogP contribution in [0.15, 0.2) is 50.5 Å². The summed E-state index contributed by atoms with van der Waals surface area (Å²) >= 11 is 0. The lowest BCUT2D eigenvalue weighted by Crippen LogP contribution is -2.93. The molecule has 1 aliphatic heterocycles. The number of hydrogen-bond donors (Lipinski definition) is 15. The minimum Gasteiger partial charge on any atom is -0.544 e. The number of anilines is 6. The number of carboxylic acid groups (broad SMARTS) is 2. The van der Waals surface area contributed by atoms with E-state index < -0.39 is 57.8 Å². The molecule has 0 aromatic carbocycles. The number of nitrogens with zero attached hydrogens (tertiary/aromatic N) is 11. The van der Waals surface area contributed by atoms with E-state index in [4.69, 9.17) is 34.4 Å². The molecule has 6 aromatic heterocycles. The number of ketones is 1. The molecular weight excluding hydrogens is 1120 g/mol. The number of carbonyl (C=O) groups is 3. The summed E-state index contributed by atoms with van der Waals surface area (Å²) < 4.78 is 3.66.